The topological polar surface area (TPSA) is 50.8 Å². The lowest BCUT2D eigenvalue weighted by Gasteiger charge is -2.38. The highest BCUT2D eigenvalue weighted by Crippen LogP contribution is 2.40. The van der Waals surface area contributed by atoms with Gasteiger partial charge in [-0.15, -0.1) is 0 Å². The molecule has 8 heteroatoms. The zero-order chi connectivity index (χ0) is 19.7. The molecule has 2 atom stereocenters. The van der Waals surface area contributed by atoms with Gasteiger partial charge in [-0.3, -0.25) is 0 Å². The number of nitrogens with one attached hydrogen (secondary N) is 1. The molecule has 1 N–H and O–H groups in total. The van der Waals surface area contributed by atoms with Gasteiger partial charge in [0.1, 0.15) is 0 Å². The molecule has 2 heterocycles. The Balaban J connectivity index is 1.68. The van der Waals surface area contributed by atoms with Gasteiger partial charge in [-0.2, -0.15) is 13.2 Å². The molecule has 1 aromatic rings. The van der Waals surface area contributed by atoms with Gasteiger partial charge in [-0.05, 0) is 44.4 Å². The van der Waals surface area contributed by atoms with E-state index in [1.165, 1.54) is 24.3 Å². The minimum atomic E-state index is -4.35. The summed E-state index contributed by atoms with van der Waals surface area (Å²) in [6.07, 6.45) is -2.53. The number of ether oxygens (including phenoxy) is 2. The van der Waals surface area contributed by atoms with Crippen molar-refractivity contribution >= 4 is 11.7 Å². The van der Waals surface area contributed by atoms with E-state index in [4.69, 9.17) is 9.47 Å². The summed E-state index contributed by atoms with van der Waals surface area (Å²) in [7, 11) is 0. The molecule has 2 aliphatic heterocycles. The van der Waals surface area contributed by atoms with E-state index in [2.05, 4.69) is 5.32 Å². The second-order valence-corrected chi connectivity index (χ2v) is 7.52. The third-order valence-electron chi connectivity index (χ3n) is 5.39. The summed E-state index contributed by atoms with van der Waals surface area (Å²) in [6.45, 7) is 4.30. The number of urea groups is 1. The fourth-order valence-electron chi connectivity index (χ4n) is 3.42. The van der Waals surface area contributed by atoms with Crippen LogP contribution in [0.25, 0.3) is 0 Å². The largest absolute Gasteiger partial charge is 0.397 e. The molecule has 1 aromatic carbocycles. The first kappa shape index (κ1) is 19.9. The monoisotopic (exact) mass is 386 g/mol. The van der Waals surface area contributed by atoms with E-state index in [0.29, 0.717) is 32.1 Å². The van der Waals surface area contributed by atoms with Crippen molar-refractivity contribution in [3.8, 4) is 0 Å². The van der Waals surface area contributed by atoms with E-state index >= 15 is 0 Å². The predicted octanol–water partition coefficient (Wildman–Crippen LogP) is 3.94. The average molecular weight is 386 g/mol. The van der Waals surface area contributed by atoms with Crippen LogP contribution >= 0.6 is 0 Å². The first-order valence-electron chi connectivity index (χ1n) is 9.14. The predicted molar refractivity (Wildman–Crippen MR) is 94.8 cm³/mol. The number of rotatable bonds is 3. The molecule has 27 heavy (non-hydrogen) atoms. The molecule has 0 saturated carbocycles. The molecule has 2 aliphatic rings. The van der Waals surface area contributed by atoms with Crippen molar-refractivity contribution < 1.29 is 27.4 Å². The lowest BCUT2D eigenvalue weighted by Crippen LogP contribution is -2.55. The maximum atomic E-state index is 13.2. The number of alkyl halides is 3. The van der Waals surface area contributed by atoms with Crippen molar-refractivity contribution in [2.45, 2.75) is 50.4 Å². The van der Waals surface area contributed by atoms with E-state index in [1.54, 1.807) is 4.90 Å². The maximum Gasteiger partial charge on any atom is 0.397 e. The fourth-order valence-corrected chi connectivity index (χ4v) is 3.42. The number of hydrogen-bond acceptors (Lipinski definition) is 3. The van der Waals surface area contributed by atoms with Gasteiger partial charge in [0.2, 0.25) is 0 Å². The number of anilines is 1. The normalized spacial score (nSPS) is 24.1. The molecular weight excluding hydrogens is 361 g/mol. The molecule has 0 aliphatic carbocycles. The van der Waals surface area contributed by atoms with Gasteiger partial charge in [-0.25, -0.2) is 4.79 Å². The van der Waals surface area contributed by atoms with Crippen LogP contribution in [-0.2, 0) is 14.9 Å². The molecule has 0 bridgehead atoms. The highest BCUT2D eigenvalue weighted by molar-refractivity contribution is 5.89. The number of carbonyl (C=O) groups is 1. The Hall–Kier alpha value is -1.80. The fraction of sp³-hybridized carbons (Fsp3) is 0.632. The summed E-state index contributed by atoms with van der Waals surface area (Å²) < 4.78 is 50.7. The summed E-state index contributed by atoms with van der Waals surface area (Å²) in [5, 5.41) is 2.78. The van der Waals surface area contributed by atoms with Crippen molar-refractivity contribution in [3.63, 3.8) is 0 Å². The van der Waals surface area contributed by atoms with Gasteiger partial charge < -0.3 is 19.7 Å². The van der Waals surface area contributed by atoms with E-state index < -0.39 is 11.6 Å². The summed E-state index contributed by atoms with van der Waals surface area (Å²) in [4.78, 5) is 14.4. The Kier molecular flexibility index (Phi) is 5.67. The zero-order valence-electron chi connectivity index (χ0n) is 15.5. The van der Waals surface area contributed by atoms with E-state index in [1.807, 2.05) is 0 Å². The van der Waals surface area contributed by atoms with Crippen molar-refractivity contribution in [3.05, 3.63) is 29.8 Å². The Labute approximate surface area is 156 Å². The van der Waals surface area contributed by atoms with Crippen molar-refractivity contribution in [2.24, 2.45) is 0 Å². The molecule has 2 saturated heterocycles. The molecule has 3 rings (SSSR count). The number of nitrogens with zero attached hydrogens (tertiary/aromatic N) is 1. The summed E-state index contributed by atoms with van der Waals surface area (Å²) in [6, 6.07) is 5.37. The highest BCUT2D eigenvalue weighted by atomic mass is 19.4. The lowest BCUT2D eigenvalue weighted by atomic mass is 9.84. The van der Waals surface area contributed by atoms with Gasteiger partial charge >= 0.3 is 12.2 Å². The zero-order valence-corrected chi connectivity index (χ0v) is 15.5. The van der Waals surface area contributed by atoms with Crippen LogP contribution in [0.4, 0.5) is 23.7 Å². The molecule has 0 radical (unpaired) electrons. The van der Waals surface area contributed by atoms with Gasteiger partial charge in [0.25, 0.3) is 0 Å². The minimum Gasteiger partial charge on any atom is -0.377 e. The quantitative estimate of drug-likeness (QED) is 0.856. The molecule has 5 nitrogen and oxygen atoms in total. The van der Waals surface area contributed by atoms with Gasteiger partial charge in [0.15, 0.2) is 0 Å². The summed E-state index contributed by atoms with van der Waals surface area (Å²) in [5.41, 5.74) is -1.35. The number of amides is 2. The van der Waals surface area contributed by atoms with Crippen LogP contribution in [0, 0.1) is 0 Å². The second-order valence-electron chi connectivity index (χ2n) is 7.52. The first-order valence-corrected chi connectivity index (χ1v) is 9.14. The van der Waals surface area contributed by atoms with Crippen LogP contribution in [0.15, 0.2) is 24.3 Å². The summed E-state index contributed by atoms with van der Waals surface area (Å²) in [5.74, 6) is 0. The molecular formula is C19H25F3N2O3. The van der Waals surface area contributed by atoms with Crippen molar-refractivity contribution in [1.82, 2.24) is 4.90 Å². The Morgan fingerprint density at radius 3 is 2.48 bits per heavy atom. The molecule has 0 spiro atoms. The molecule has 2 amide bonds. The molecule has 150 valence electrons. The molecule has 0 aromatic heterocycles. The van der Waals surface area contributed by atoms with E-state index in [0.717, 1.165) is 26.7 Å². The maximum absolute atomic E-state index is 13.2. The number of halogens is 3. The Bertz CT molecular complexity index is 655. The van der Waals surface area contributed by atoms with E-state index in [-0.39, 0.29) is 23.7 Å². The van der Waals surface area contributed by atoms with Crippen molar-refractivity contribution in [2.75, 3.05) is 31.7 Å². The van der Waals surface area contributed by atoms with Crippen LogP contribution in [0.2, 0.25) is 0 Å². The Morgan fingerprint density at radius 2 is 1.89 bits per heavy atom. The first-order chi connectivity index (χ1) is 12.7. The number of benzene rings is 1. The van der Waals surface area contributed by atoms with Gasteiger partial charge in [-0.1, -0.05) is 12.1 Å². The average Bonchev–Trinajstić information content (AvgIpc) is 3.16. The number of morpholine rings is 1. The SMILES string of the molecule is CC(C)(c1ccc(NC(=O)N2CCOCC2C2CCCO2)cc1)C(F)(F)F. The molecule has 2 fully saturated rings. The second kappa shape index (κ2) is 7.67. The highest BCUT2D eigenvalue weighted by Gasteiger charge is 2.48. The summed E-state index contributed by atoms with van der Waals surface area (Å²) >= 11 is 0. The van der Waals surface area contributed by atoms with Crippen molar-refractivity contribution in [1.29, 1.82) is 0 Å². The van der Waals surface area contributed by atoms with Gasteiger partial charge in [0.05, 0.1) is 30.8 Å². The minimum absolute atomic E-state index is 0.0361. The Morgan fingerprint density at radius 1 is 1.19 bits per heavy atom. The van der Waals surface area contributed by atoms with Crippen LogP contribution in [-0.4, -0.2) is 55.6 Å². The number of carbonyl (C=O) groups excluding carboxylic acids is 1. The lowest BCUT2D eigenvalue weighted by molar-refractivity contribution is -0.180. The van der Waals surface area contributed by atoms with Crippen LogP contribution < -0.4 is 5.32 Å². The standard InChI is InChI=1S/C19H25F3N2O3/c1-18(2,19(20,21)22)13-5-7-14(8-6-13)23-17(25)24-9-11-26-12-15(24)16-4-3-10-27-16/h5-8,15-16H,3-4,9-12H2,1-2H3,(H,23,25). The van der Waals surface area contributed by atoms with Gasteiger partial charge in [0, 0.05) is 18.8 Å². The smallest absolute Gasteiger partial charge is 0.377 e. The van der Waals surface area contributed by atoms with Crippen LogP contribution in [0.3, 0.4) is 0 Å². The van der Waals surface area contributed by atoms with Crippen LogP contribution in [0.5, 0.6) is 0 Å². The third-order valence-corrected chi connectivity index (χ3v) is 5.39. The molecule has 2 unspecified atom stereocenters. The van der Waals surface area contributed by atoms with E-state index in [9.17, 15) is 18.0 Å². The van der Waals surface area contributed by atoms with Crippen LogP contribution in [0.1, 0.15) is 32.3 Å². The third kappa shape index (κ3) is 4.21. The number of hydrogen-bond donors (Lipinski definition) is 1.